The van der Waals surface area contributed by atoms with E-state index in [9.17, 15) is 0 Å². The monoisotopic (exact) mass is 588 g/mol. The average Bonchev–Trinajstić information content (AvgIpc) is 2.65. The highest BCUT2D eigenvalue weighted by molar-refractivity contribution is 6.92. The molecule has 0 aromatic heterocycles. The van der Waals surface area contributed by atoms with Crippen LogP contribution >= 0.6 is 0 Å². The lowest BCUT2D eigenvalue weighted by atomic mass is 10.1. The molecule has 0 rings (SSSR count). The van der Waals surface area contributed by atoms with Gasteiger partial charge >= 0.3 is 8.80 Å². The maximum atomic E-state index is 7.43. The van der Waals surface area contributed by atoms with Crippen LogP contribution in [0.15, 0.2) is 12.7 Å². The molecule has 7 heteroatoms. The maximum Gasteiger partial charge on any atom is 0.469 e. The maximum absolute atomic E-state index is 7.43. The van der Waals surface area contributed by atoms with Gasteiger partial charge in [-0.05, 0) is 73.7 Å². The number of hydrogen-bond acceptors (Lipinski definition) is 3. The first-order valence-corrected chi connectivity index (χ1v) is 25.8. The lowest BCUT2D eigenvalue weighted by molar-refractivity contribution is 0.227. The smallest absolute Gasteiger partial charge is 0.416 e. The van der Waals surface area contributed by atoms with E-state index in [2.05, 4.69) is 108 Å². The molecule has 0 aromatic carbocycles. The molecule has 0 saturated heterocycles. The highest BCUT2D eigenvalue weighted by Crippen LogP contribution is 2.47. The van der Waals surface area contributed by atoms with E-state index in [4.69, 9.17) is 12.3 Å². The van der Waals surface area contributed by atoms with Crippen LogP contribution in [0.1, 0.15) is 120 Å². The largest absolute Gasteiger partial charge is 0.469 e. The van der Waals surface area contributed by atoms with Crippen molar-refractivity contribution in [1.82, 2.24) is 0 Å². The van der Waals surface area contributed by atoms with E-state index >= 15 is 0 Å². The quantitative estimate of drug-likeness (QED) is 0.0960. The molecular weight excluding hydrogens is 521 g/mol. The van der Waals surface area contributed by atoms with Crippen LogP contribution in [0.5, 0.6) is 0 Å². The summed E-state index contributed by atoms with van der Waals surface area (Å²) in [5.41, 5.74) is 0. The summed E-state index contributed by atoms with van der Waals surface area (Å²) >= 11 is 0. The second kappa shape index (κ2) is 14.4. The van der Waals surface area contributed by atoms with Crippen molar-refractivity contribution in [3.8, 4) is 0 Å². The van der Waals surface area contributed by atoms with Gasteiger partial charge in [-0.15, -0.1) is 6.58 Å². The van der Waals surface area contributed by atoms with E-state index in [0.717, 1.165) is 18.9 Å². The molecule has 0 radical (unpaired) electrons. The molecule has 222 valence electrons. The summed E-state index contributed by atoms with van der Waals surface area (Å²) in [5, 5.41) is 0.347. The predicted octanol–water partition coefficient (Wildman–Crippen LogP) is 11.7. The van der Waals surface area contributed by atoms with E-state index in [0.29, 0.717) is 0 Å². The van der Waals surface area contributed by atoms with Crippen molar-refractivity contribution in [1.29, 1.82) is 0 Å². The van der Waals surface area contributed by atoms with E-state index in [-0.39, 0.29) is 15.1 Å². The Balaban J connectivity index is 5.94. The first-order valence-electron chi connectivity index (χ1n) is 15.1. The Morgan fingerprint density at radius 3 is 1.03 bits per heavy atom. The zero-order valence-electron chi connectivity index (χ0n) is 28.1. The van der Waals surface area contributed by atoms with Crippen molar-refractivity contribution in [2.24, 2.45) is 0 Å². The molecular formula is C30H68O3Si4. The standard InChI is InChI=1S/C30H68O3Si4/c1-17-18-19-20-21-22-23-24-25-26-27-37(31-34(11,12)28(2,3)4,32-35(13,14)29(5,6)7)33-36(15,16)30(8,9)10/h17H,1,18-27H2,2-16H3. The summed E-state index contributed by atoms with van der Waals surface area (Å²) < 4.78 is 22.3. The molecule has 0 N–H and O–H groups in total. The topological polar surface area (TPSA) is 27.7 Å². The van der Waals surface area contributed by atoms with Gasteiger partial charge in [0.15, 0.2) is 25.0 Å². The van der Waals surface area contributed by atoms with Crippen LogP contribution in [0.4, 0.5) is 0 Å². The number of allylic oxidation sites excluding steroid dienone is 1. The zero-order chi connectivity index (χ0) is 29.4. The lowest BCUT2D eigenvalue weighted by Crippen LogP contribution is -2.65. The normalized spacial score (nSPS) is 14.8. The summed E-state index contributed by atoms with van der Waals surface area (Å²) in [6, 6.07) is 0.956. The van der Waals surface area contributed by atoms with Gasteiger partial charge in [-0.2, -0.15) is 0 Å². The summed E-state index contributed by atoms with van der Waals surface area (Å²) in [6.07, 6.45) is 13.5. The van der Waals surface area contributed by atoms with Gasteiger partial charge in [0.05, 0.1) is 0 Å². The highest BCUT2D eigenvalue weighted by Gasteiger charge is 2.57. The Kier molecular flexibility index (Phi) is 14.6. The fourth-order valence-electron chi connectivity index (χ4n) is 3.53. The molecule has 0 spiro atoms. The summed E-state index contributed by atoms with van der Waals surface area (Å²) in [5.74, 6) is 0. The molecule has 0 heterocycles. The molecule has 0 unspecified atom stereocenters. The Morgan fingerprint density at radius 2 is 0.757 bits per heavy atom. The molecule has 0 aliphatic rings. The third-order valence-corrected chi connectivity index (χ3v) is 31.0. The molecule has 0 aliphatic heterocycles. The van der Waals surface area contributed by atoms with E-state index in [1.165, 1.54) is 44.9 Å². The molecule has 0 bridgehead atoms. The van der Waals surface area contributed by atoms with Crippen LogP contribution in [0.3, 0.4) is 0 Å². The van der Waals surface area contributed by atoms with Gasteiger partial charge in [0.1, 0.15) is 0 Å². The van der Waals surface area contributed by atoms with Crippen LogP contribution in [0.25, 0.3) is 0 Å². The van der Waals surface area contributed by atoms with Crippen molar-refractivity contribution in [3.63, 3.8) is 0 Å². The lowest BCUT2D eigenvalue weighted by Gasteiger charge is -2.52. The molecule has 0 saturated carbocycles. The van der Waals surface area contributed by atoms with Gasteiger partial charge in [-0.3, -0.25) is 0 Å². The van der Waals surface area contributed by atoms with Crippen molar-refractivity contribution >= 4 is 33.8 Å². The minimum absolute atomic E-state index is 0.116. The van der Waals surface area contributed by atoms with Crippen LogP contribution in [0.2, 0.25) is 60.4 Å². The van der Waals surface area contributed by atoms with Crippen LogP contribution in [-0.4, -0.2) is 33.8 Å². The zero-order valence-corrected chi connectivity index (χ0v) is 32.1. The molecule has 0 fully saturated rings. The second-order valence-corrected chi connectivity index (χ2v) is 33.8. The summed E-state index contributed by atoms with van der Waals surface area (Å²) in [4.78, 5) is 0. The van der Waals surface area contributed by atoms with Gasteiger partial charge in [0, 0.05) is 6.04 Å². The summed E-state index contributed by atoms with van der Waals surface area (Å²) in [6.45, 7) is 39.2. The molecule has 37 heavy (non-hydrogen) atoms. The average molecular weight is 589 g/mol. The minimum atomic E-state index is -2.95. The highest BCUT2D eigenvalue weighted by atomic mass is 28.5. The summed E-state index contributed by atoms with van der Waals surface area (Å²) in [7, 11) is -9.26. The third-order valence-electron chi connectivity index (χ3n) is 9.29. The van der Waals surface area contributed by atoms with Crippen LogP contribution in [-0.2, 0) is 12.3 Å². The van der Waals surface area contributed by atoms with E-state index < -0.39 is 33.8 Å². The third kappa shape index (κ3) is 12.7. The predicted molar refractivity (Wildman–Crippen MR) is 177 cm³/mol. The molecule has 0 amide bonds. The fraction of sp³-hybridized carbons (Fsp3) is 0.933. The van der Waals surface area contributed by atoms with Crippen molar-refractivity contribution < 1.29 is 12.3 Å². The van der Waals surface area contributed by atoms with Gasteiger partial charge in [-0.1, -0.05) is 107 Å². The SMILES string of the molecule is C=CCCCCCCCCCC[Si](O[Si](C)(C)C(C)(C)C)(O[Si](C)(C)C(C)(C)C)O[Si](C)(C)C(C)(C)C. The number of hydrogen-bond donors (Lipinski definition) is 0. The first kappa shape index (κ1) is 37.5. The minimum Gasteiger partial charge on any atom is -0.416 e. The van der Waals surface area contributed by atoms with Crippen molar-refractivity contribution in [3.05, 3.63) is 12.7 Å². The van der Waals surface area contributed by atoms with Crippen LogP contribution < -0.4 is 0 Å². The van der Waals surface area contributed by atoms with Crippen molar-refractivity contribution in [2.75, 3.05) is 0 Å². The molecule has 3 nitrogen and oxygen atoms in total. The fourth-order valence-corrected chi connectivity index (χ4v) is 20.1. The molecule has 0 atom stereocenters. The van der Waals surface area contributed by atoms with Gasteiger partial charge in [0.25, 0.3) is 0 Å². The van der Waals surface area contributed by atoms with Crippen LogP contribution in [0, 0.1) is 0 Å². The Hall–Kier alpha value is 0.488. The van der Waals surface area contributed by atoms with E-state index in [1.807, 2.05) is 6.08 Å². The van der Waals surface area contributed by atoms with Gasteiger partial charge < -0.3 is 12.3 Å². The second-order valence-electron chi connectivity index (χ2n) is 15.9. The first-order chi connectivity index (χ1) is 16.4. The Morgan fingerprint density at radius 1 is 0.486 bits per heavy atom. The van der Waals surface area contributed by atoms with Gasteiger partial charge in [0.2, 0.25) is 0 Å². The Labute approximate surface area is 238 Å². The van der Waals surface area contributed by atoms with Gasteiger partial charge in [-0.25, -0.2) is 0 Å². The molecule has 0 aliphatic carbocycles. The van der Waals surface area contributed by atoms with Crippen molar-refractivity contribution in [2.45, 2.75) is 181 Å². The molecule has 0 aromatic rings. The van der Waals surface area contributed by atoms with E-state index in [1.54, 1.807) is 0 Å². The number of unbranched alkanes of at least 4 members (excludes halogenated alkanes) is 8. The number of rotatable bonds is 17. The Bertz CT molecular complexity index is 598.